The van der Waals surface area contributed by atoms with Crippen LogP contribution in [-0.4, -0.2) is 16.1 Å². The molecule has 0 radical (unpaired) electrons. The molecule has 0 fully saturated rings. The van der Waals surface area contributed by atoms with E-state index in [4.69, 9.17) is 16.9 Å². The van der Waals surface area contributed by atoms with Gasteiger partial charge in [-0.3, -0.25) is 4.79 Å². The second-order valence-electron chi connectivity index (χ2n) is 8.22. The maximum absolute atomic E-state index is 13.4. The van der Waals surface area contributed by atoms with Crippen molar-refractivity contribution >= 4 is 23.2 Å². The van der Waals surface area contributed by atoms with Gasteiger partial charge in [-0.1, -0.05) is 90.5 Å². The summed E-state index contributed by atoms with van der Waals surface area (Å²) in [7, 11) is 0. The van der Waals surface area contributed by atoms with Gasteiger partial charge in [0, 0.05) is 12.1 Å². The predicted molar refractivity (Wildman–Crippen MR) is 137 cm³/mol. The first kappa shape index (κ1) is 24.2. The van der Waals surface area contributed by atoms with Crippen molar-refractivity contribution in [3.8, 4) is 17.2 Å². The van der Waals surface area contributed by atoms with Crippen LogP contribution in [0.2, 0.25) is 5.02 Å². The molecule has 1 unspecified atom stereocenters. The quantitative estimate of drug-likeness (QED) is 0.327. The van der Waals surface area contributed by atoms with E-state index in [-0.39, 0.29) is 18.1 Å². The van der Waals surface area contributed by atoms with Crippen LogP contribution in [0.25, 0.3) is 11.1 Å². The first-order valence-electron chi connectivity index (χ1n) is 11.0. The topological polar surface area (TPSA) is 93.4 Å². The molecule has 3 N–H and O–H groups in total. The van der Waals surface area contributed by atoms with Gasteiger partial charge in [-0.2, -0.15) is 5.26 Å². The van der Waals surface area contributed by atoms with E-state index in [2.05, 4.69) is 5.32 Å². The van der Waals surface area contributed by atoms with Gasteiger partial charge in [-0.25, -0.2) is 0 Å². The standard InChI is InChI=1S/C29H23ClN2O3/c30-27-16-26(14-13-24(27)18-31)32-28(34)29(35,25-7-2-1-3-8-25)17-21-5-4-6-23(15-21)22-11-9-20(19-33)10-12-22/h1-16,33,35H,17,19H2,(H,32,34). The number of rotatable bonds is 7. The molecule has 1 amide bonds. The molecule has 4 aromatic carbocycles. The highest BCUT2D eigenvalue weighted by molar-refractivity contribution is 6.32. The number of nitrogens with zero attached hydrogens (tertiary/aromatic N) is 1. The number of carbonyl (C=O) groups is 1. The molecule has 4 aromatic rings. The minimum absolute atomic E-state index is 0.0238. The smallest absolute Gasteiger partial charge is 0.261 e. The maximum atomic E-state index is 13.4. The summed E-state index contributed by atoms with van der Waals surface area (Å²) < 4.78 is 0. The van der Waals surface area contributed by atoms with Crippen LogP contribution in [0.3, 0.4) is 0 Å². The van der Waals surface area contributed by atoms with Gasteiger partial charge in [-0.15, -0.1) is 0 Å². The van der Waals surface area contributed by atoms with Crippen molar-refractivity contribution in [2.24, 2.45) is 0 Å². The summed E-state index contributed by atoms with van der Waals surface area (Å²) in [5, 5.41) is 33.1. The van der Waals surface area contributed by atoms with Gasteiger partial charge in [-0.05, 0) is 46.0 Å². The van der Waals surface area contributed by atoms with Gasteiger partial charge >= 0.3 is 0 Å². The SMILES string of the molecule is N#Cc1ccc(NC(=O)C(O)(Cc2cccc(-c3ccc(CO)cc3)c2)c2ccccc2)cc1Cl. The lowest BCUT2D eigenvalue weighted by atomic mass is 9.85. The number of aliphatic hydroxyl groups excluding tert-OH is 1. The third-order valence-corrected chi connectivity index (χ3v) is 6.14. The average molecular weight is 483 g/mol. The van der Waals surface area contributed by atoms with Gasteiger partial charge in [0.05, 0.1) is 17.2 Å². The highest BCUT2D eigenvalue weighted by Crippen LogP contribution is 2.30. The first-order chi connectivity index (χ1) is 16.9. The fourth-order valence-electron chi connectivity index (χ4n) is 3.90. The van der Waals surface area contributed by atoms with E-state index in [9.17, 15) is 15.0 Å². The molecule has 0 saturated heterocycles. The zero-order valence-corrected chi connectivity index (χ0v) is 19.5. The monoisotopic (exact) mass is 482 g/mol. The molecule has 0 aliphatic rings. The van der Waals surface area contributed by atoms with Crippen LogP contribution in [0.5, 0.6) is 0 Å². The largest absolute Gasteiger partial charge is 0.392 e. The molecule has 35 heavy (non-hydrogen) atoms. The number of hydrogen-bond donors (Lipinski definition) is 3. The number of hydrogen-bond acceptors (Lipinski definition) is 4. The molecule has 0 aliphatic carbocycles. The molecule has 174 valence electrons. The summed E-state index contributed by atoms with van der Waals surface area (Å²) in [5.74, 6) is -0.609. The third-order valence-electron chi connectivity index (χ3n) is 5.83. The second-order valence-corrected chi connectivity index (χ2v) is 8.63. The Bertz CT molecular complexity index is 1380. The molecule has 6 heteroatoms. The lowest BCUT2D eigenvalue weighted by Crippen LogP contribution is -2.42. The molecule has 0 bridgehead atoms. The number of halogens is 1. The second kappa shape index (κ2) is 10.5. The Morgan fingerprint density at radius 1 is 0.886 bits per heavy atom. The van der Waals surface area contributed by atoms with E-state index >= 15 is 0 Å². The fourth-order valence-corrected chi connectivity index (χ4v) is 4.13. The van der Waals surface area contributed by atoms with Gasteiger partial charge < -0.3 is 15.5 Å². The van der Waals surface area contributed by atoms with Crippen molar-refractivity contribution in [3.63, 3.8) is 0 Å². The van der Waals surface area contributed by atoms with E-state index in [1.165, 1.54) is 12.1 Å². The van der Waals surface area contributed by atoms with Crippen LogP contribution < -0.4 is 5.32 Å². The predicted octanol–water partition coefficient (Wildman–Crippen LogP) is 5.44. The first-order valence-corrected chi connectivity index (χ1v) is 11.4. The minimum atomic E-state index is -1.86. The summed E-state index contributed by atoms with van der Waals surface area (Å²) in [6, 6.07) is 30.6. The number of nitriles is 1. The van der Waals surface area contributed by atoms with Crippen molar-refractivity contribution in [2.45, 2.75) is 18.6 Å². The van der Waals surface area contributed by atoms with Crippen LogP contribution in [0.15, 0.2) is 97.1 Å². The van der Waals surface area contributed by atoms with Crippen molar-refractivity contribution in [1.29, 1.82) is 5.26 Å². The number of aliphatic hydroxyl groups is 2. The van der Waals surface area contributed by atoms with Gasteiger partial charge in [0.2, 0.25) is 0 Å². The molecule has 0 aliphatic heterocycles. The Hall–Kier alpha value is -3.95. The van der Waals surface area contributed by atoms with Crippen molar-refractivity contribution in [3.05, 3.63) is 124 Å². The van der Waals surface area contributed by atoms with Crippen LogP contribution in [0.4, 0.5) is 5.69 Å². The molecule has 5 nitrogen and oxygen atoms in total. The van der Waals surface area contributed by atoms with Crippen LogP contribution >= 0.6 is 11.6 Å². The molecule has 0 saturated carbocycles. The molecule has 0 spiro atoms. The van der Waals surface area contributed by atoms with Gasteiger partial charge in [0.15, 0.2) is 5.60 Å². The van der Waals surface area contributed by atoms with E-state index < -0.39 is 11.5 Å². The van der Waals surface area contributed by atoms with E-state index in [0.29, 0.717) is 16.8 Å². The summed E-state index contributed by atoms with van der Waals surface area (Å²) in [5.41, 5.74) is 2.76. The molecular weight excluding hydrogens is 460 g/mol. The van der Waals surface area contributed by atoms with Crippen molar-refractivity contribution in [1.82, 2.24) is 0 Å². The van der Waals surface area contributed by atoms with E-state index in [0.717, 1.165) is 22.3 Å². The summed E-state index contributed by atoms with van der Waals surface area (Å²) in [6.45, 7) is -0.0238. The average Bonchev–Trinajstić information content (AvgIpc) is 2.89. The highest BCUT2D eigenvalue weighted by atomic mass is 35.5. The van der Waals surface area contributed by atoms with Gasteiger partial charge in [0.25, 0.3) is 5.91 Å². The van der Waals surface area contributed by atoms with Crippen LogP contribution in [0.1, 0.15) is 22.3 Å². The molecule has 1 atom stereocenters. The number of anilines is 1. The lowest BCUT2D eigenvalue weighted by molar-refractivity contribution is -0.135. The number of amides is 1. The lowest BCUT2D eigenvalue weighted by Gasteiger charge is -2.28. The molecule has 0 heterocycles. The molecule has 0 aromatic heterocycles. The summed E-state index contributed by atoms with van der Waals surface area (Å²) in [4.78, 5) is 13.4. The Labute approximate surface area is 208 Å². The van der Waals surface area contributed by atoms with Crippen molar-refractivity contribution < 1.29 is 15.0 Å². The Morgan fingerprint density at radius 3 is 2.29 bits per heavy atom. The summed E-state index contributed by atoms with van der Waals surface area (Å²) in [6.07, 6.45) is 0.0371. The highest BCUT2D eigenvalue weighted by Gasteiger charge is 2.38. The van der Waals surface area contributed by atoms with Gasteiger partial charge in [0.1, 0.15) is 6.07 Å². The van der Waals surface area contributed by atoms with E-state index in [1.54, 1.807) is 30.3 Å². The van der Waals surface area contributed by atoms with Crippen LogP contribution in [-0.2, 0) is 23.4 Å². The zero-order chi connectivity index (χ0) is 24.8. The number of benzene rings is 4. The maximum Gasteiger partial charge on any atom is 0.261 e. The number of nitrogens with one attached hydrogen (secondary N) is 1. The Balaban J connectivity index is 1.66. The fraction of sp³-hybridized carbons (Fsp3) is 0.103. The Morgan fingerprint density at radius 2 is 1.63 bits per heavy atom. The van der Waals surface area contributed by atoms with Crippen LogP contribution in [0, 0.1) is 11.3 Å². The van der Waals surface area contributed by atoms with Crippen molar-refractivity contribution in [2.75, 3.05) is 5.32 Å². The number of carbonyl (C=O) groups excluding carboxylic acids is 1. The third kappa shape index (κ3) is 5.42. The minimum Gasteiger partial charge on any atom is -0.392 e. The zero-order valence-electron chi connectivity index (χ0n) is 18.8. The summed E-state index contributed by atoms with van der Waals surface area (Å²) >= 11 is 6.12. The normalized spacial score (nSPS) is 12.4. The Kier molecular flexibility index (Phi) is 7.28. The molecular formula is C29H23ClN2O3. The molecule has 4 rings (SSSR count). The van der Waals surface area contributed by atoms with E-state index in [1.807, 2.05) is 60.7 Å².